The van der Waals surface area contributed by atoms with Gasteiger partial charge in [-0.05, 0) is 63.8 Å². The second kappa shape index (κ2) is 10.1. The van der Waals surface area contributed by atoms with Crippen LogP contribution >= 0.6 is 0 Å². The fourth-order valence-electron chi connectivity index (χ4n) is 2.53. The van der Waals surface area contributed by atoms with Gasteiger partial charge in [-0.15, -0.1) is 0 Å². The molecule has 1 atom stereocenters. The Kier molecular flexibility index (Phi) is 10.1. The normalized spacial score (nSPS) is 14.9. The first-order valence-corrected chi connectivity index (χ1v) is 21.3. The highest BCUT2D eigenvalue weighted by molar-refractivity contribution is 6.91. The van der Waals surface area contributed by atoms with Crippen molar-refractivity contribution in [3.8, 4) is 0 Å². The quantitative estimate of drug-likeness (QED) is 0.299. The van der Waals surface area contributed by atoms with Crippen molar-refractivity contribution >= 4 is 39.7 Å². The topological polar surface area (TPSA) is 70.8 Å². The molecule has 0 aliphatic heterocycles. The molecule has 0 heterocycles. The van der Waals surface area contributed by atoms with Crippen molar-refractivity contribution in [2.24, 2.45) is 5.73 Å². The Labute approximate surface area is 171 Å². The van der Waals surface area contributed by atoms with Crippen molar-refractivity contribution < 1.29 is 17.1 Å². The lowest BCUT2D eigenvalue weighted by atomic mass is 10.1. The van der Waals surface area contributed by atoms with Gasteiger partial charge in [-0.25, -0.2) is 0 Å². The highest BCUT2D eigenvalue weighted by atomic mass is 28.5. The molecule has 5 nitrogen and oxygen atoms in total. The van der Waals surface area contributed by atoms with Crippen molar-refractivity contribution in [1.29, 1.82) is 0 Å². The Balaban J connectivity index is 6.59. The molecule has 0 aromatic heterocycles. The average Bonchev–Trinajstić information content (AvgIpc) is 2.53. The summed E-state index contributed by atoms with van der Waals surface area (Å²) in [6.07, 6.45) is 0.671. The van der Waals surface area contributed by atoms with E-state index in [4.69, 9.17) is 18.1 Å². The smallest absolute Gasteiger partial charge is 0.416 e. The van der Waals surface area contributed by atoms with Gasteiger partial charge in [0.25, 0.3) is 0 Å². The summed E-state index contributed by atoms with van der Waals surface area (Å²) in [7, 11) is -9.34. The number of hydrogen-bond donors (Lipinski definition) is 1. The van der Waals surface area contributed by atoms with Crippen LogP contribution in [0.2, 0.25) is 63.0 Å². The van der Waals surface area contributed by atoms with Crippen LogP contribution in [0, 0.1) is 0 Å². The second-order valence-corrected chi connectivity index (χ2v) is 26.1. The number of nitrogens with two attached hydrogens (primary N) is 1. The Bertz CT molecular complexity index is 478. The Morgan fingerprint density at radius 3 is 1.30 bits per heavy atom. The standard InChI is InChI=1S/C18H43NO4Si4/c1-12-17(16(5)18(19)20)27(21-24(6,7)13-2,22-25(8,9)14-3)23-26(10,11)15-4/h17H,5,12-15H2,1-4,6-11H3,(H2,19,20). The first-order valence-electron chi connectivity index (χ1n) is 10.2. The van der Waals surface area contributed by atoms with Gasteiger partial charge in [0.1, 0.15) is 0 Å². The summed E-state index contributed by atoms with van der Waals surface area (Å²) < 4.78 is 20.7. The fraction of sp³-hybridized carbons (Fsp3) is 0.833. The van der Waals surface area contributed by atoms with Crippen molar-refractivity contribution in [3.63, 3.8) is 0 Å². The van der Waals surface area contributed by atoms with E-state index in [1.54, 1.807) is 0 Å². The van der Waals surface area contributed by atoms with Crippen LogP contribution < -0.4 is 5.73 Å². The first kappa shape index (κ1) is 27.0. The van der Waals surface area contributed by atoms with Crippen LogP contribution in [0.5, 0.6) is 0 Å². The predicted octanol–water partition coefficient (Wildman–Crippen LogP) is 5.47. The van der Waals surface area contributed by atoms with E-state index in [2.05, 4.69) is 66.6 Å². The van der Waals surface area contributed by atoms with Crippen molar-refractivity contribution in [3.05, 3.63) is 12.2 Å². The maximum Gasteiger partial charge on any atom is 0.477 e. The number of carbonyl (C=O) groups excluding carboxylic acids is 1. The molecule has 0 saturated carbocycles. The molecule has 160 valence electrons. The fourth-order valence-corrected chi connectivity index (χ4v) is 17.9. The monoisotopic (exact) mass is 449 g/mol. The summed E-state index contributed by atoms with van der Waals surface area (Å²) in [5.41, 5.74) is 5.74. The Morgan fingerprint density at radius 1 is 0.815 bits per heavy atom. The lowest BCUT2D eigenvalue weighted by Gasteiger charge is -2.48. The summed E-state index contributed by atoms with van der Waals surface area (Å²) in [5, 5.41) is 0. The van der Waals surface area contributed by atoms with Gasteiger partial charge in [-0.3, -0.25) is 4.79 Å². The molecule has 1 unspecified atom stereocenters. The summed E-state index contributed by atoms with van der Waals surface area (Å²) >= 11 is 0. The highest BCUT2D eigenvalue weighted by Crippen LogP contribution is 2.41. The minimum atomic E-state index is -3.24. The van der Waals surface area contributed by atoms with E-state index < -0.39 is 39.7 Å². The SMILES string of the molecule is C=C(C(N)=O)C(CC)[Si](O[Si](C)(C)CC)(O[Si](C)(C)CC)O[Si](C)(C)CC. The molecule has 0 aliphatic carbocycles. The second-order valence-electron chi connectivity index (χ2n) is 9.10. The summed E-state index contributed by atoms with van der Waals surface area (Å²) in [5.74, 6) is -0.488. The molecule has 0 fully saturated rings. The van der Waals surface area contributed by atoms with Gasteiger partial charge in [0, 0.05) is 5.57 Å². The van der Waals surface area contributed by atoms with Gasteiger partial charge < -0.3 is 18.1 Å². The van der Waals surface area contributed by atoms with Crippen molar-refractivity contribution in [2.75, 3.05) is 0 Å². The molecule has 0 aromatic carbocycles. The number of hydrogen-bond acceptors (Lipinski definition) is 4. The zero-order chi connectivity index (χ0) is 21.7. The van der Waals surface area contributed by atoms with Crippen molar-refractivity contribution in [2.45, 2.75) is 97.1 Å². The largest absolute Gasteiger partial charge is 0.477 e. The summed E-state index contributed by atoms with van der Waals surface area (Å²) in [6, 6.07) is 2.86. The molecule has 0 saturated heterocycles. The summed E-state index contributed by atoms with van der Waals surface area (Å²) in [6.45, 7) is 25.7. The Morgan fingerprint density at radius 2 is 1.11 bits per heavy atom. The van der Waals surface area contributed by atoms with Crippen LogP contribution in [-0.2, 0) is 17.1 Å². The van der Waals surface area contributed by atoms with E-state index in [1.807, 2.05) is 6.92 Å². The maximum absolute atomic E-state index is 12.1. The van der Waals surface area contributed by atoms with Gasteiger partial charge in [-0.1, -0.05) is 34.3 Å². The van der Waals surface area contributed by atoms with E-state index in [0.29, 0.717) is 12.0 Å². The third-order valence-corrected chi connectivity index (χ3v) is 22.1. The molecule has 2 N–H and O–H groups in total. The molecule has 1 amide bonds. The van der Waals surface area contributed by atoms with Gasteiger partial charge >= 0.3 is 8.80 Å². The minimum Gasteiger partial charge on any atom is -0.416 e. The van der Waals surface area contributed by atoms with E-state index in [0.717, 1.165) is 18.1 Å². The Hall–Kier alpha value is -0.0425. The average molecular weight is 450 g/mol. The van der Waals surface area contributed by atoms with Crippen LogP contribution in [0.1, 0.15) is 34.1 Å². The number of carbonyl (C=O) groups is 1. The van der Waals surface area contributed by atoms with Gasteiger partial charge in [-0.2, -0.15) is 0 Å². The molecule has 0 bridgehead atoms. The number of amides is 1. The van der Waals surface area contributed by atoms with E-state index in [9.17, 15) is 4.79 Å². The van der Waals surface area contributed by atoms with Crippen LogP contribution in [0.4, 0.5) is 0 Å². The molecular weight excluding hydrogens is 407 g/mol. The molecule has 0 radical (unpaired) electrons. The molecule has 0 aromatic rings. The first-order chi connectivity index (χ1) is 12.1. The minimum absolute atomic E-state index is 0.287. The van der Waals surface area contributed by atoms with E-state index in [-0.39, 0.29) is 5.54 Å². The molecule has 0 rings (SSSR count). The lowest BCUT2D eigenvalue weighted by molar-refractivity contribution is -0.114. The van der Waals surface area contributed by atoms with Gasteiger partial charge in [0.15, 0.2) is 25.0 Å². The van der Waals surface area contributed by atoms with Crippen LogP contribution in [-0.4, -0.2) is 39.7 Å². The zero-order valence-electron chi connectivity index (χ0n) is 19.3. The molecule has 0 spiro atoms. The summed E-state index contributed by atoms with van der Waals surface area (Å²) in [4.78, 5) is 12.1. The molecule has 27 heavy (non-hydrogen) atoms. The number of primary amides is 1. The van der Waals surface area contributed by atoms with Crippen LogP contribution in [0.3, 0.4) is 0 Å². The van der Waals surface area contributed by atoms with Gasteiger partial charge in [0.2, 0.25) is 5.91 Å². The zero-order valence-corrected chi connectivity index (χ0v) is 23.3. The van der Waals surface area contributed by atoms with Crippen molar-refractivity contribution in [1.82, 2.24) is 0 Å². The van der Waals surface area contributed by atoms with E-state index >= 15 is 0 Å². The third-order valence-electron chi connectivity index (χ3n) is 5.38. The predicted molar refractivity (Wildman–Crippen MR) is 125 cm³/mol. The van der Waals surface area contributed by atoms with Crippen LogP contribution in [0.15, 0.2) is 12.2 Å². The molecule has 0 aliphatic rings. The molecule has 9 heteroatoms. The van der Waals surface area contributed by atoms with E-state index in [1.165, 1.54) is 0 Å². The van der Waals surface area contributed by atoms with Gasteiger partial charge in [0.05, 0.1) is 5.54 Å². The maximum atomic E-state index is 12.1. The molecular formula is C18H43NO4Si4. The third kappa shape index (κ3) is 8.07. The lowest BCUT2D eigenvalue weighted by Crippen LogP contribution is -2.64. The number of rotatable bonds is 13. The van der Waals surface area contributed by atoms with Crippen LogP contribution in [0.25, 0.3) is 0 Å². The highest BCUT2D eigenvalue weighted by Gasteiger charge is 2.57.